The van der Waals surface area contributed by atoms with Crippen molar-refractivity contribution in [3.8, 4) is 0 Å². The predicted molar refractivity (Wildman–Crippen MR) is 145 cm³/mol. The minimum atomic E-state index is -0.995. The number of nitrogens with zero attached hydrogens (tertiary/aromatic N) is 5. The first-order valence-electron chi connectivity index (χ1n) is 12.5. The molecule has 1 aliphatic heterocycles. The van der Waals surface area contributed by atoms with E-state index in [2.05, 4.69) is 30.5 Å². The maximum absolute atomic E-state index is 12.0. The summed E-state index contributed by atoms with van der Waals surface area (Å²) < 4.78 is 0. The van der Waals surface area contributed by atoms with E-state index in [-0.39, 0.29) is 18.0 Å². The second kappa shape index (κ2) is 10.2. The summed E-state index contributed by atoms with van der Waals surface area (Å²) in [5.41, 5.74) is 1.70. The van der Waals surface area contributed by atoms with Gasteiger partial charge in [0.25, 0.3) is 0 Å². The number of benzene rings is 1. The molecule has 0 radical (unpaired) electrons. The molecular formula is C27H35N7O3. The number of hydrogen-bond acceptors (Lipinski definition) is 7. The summed E-state index contributed by atoms with van der Waals surface area (Å²) >= 11 is 0. The van der Waals surface area contributed by atoms with Gasteiger partial charge in [-0.3, -0.25) is 9.69 Å². The molecule has 1 fully saturated rings. The van der Waals surface area contributed by atoms with Gasteiger partial charge in [0.1, 0.15) is 17.5 Å². The summed E-state index contributed by atoms with van der Waals surface area (Å²) in [6.45, 7) is 12.5. The Kier molecular flexibility index (Phi) is 7.20. The van der Waals surface area contributed by atoms with Crippen LogP contribution in [0.1, 0.15) is 58.5 Å². The highest BCUT2D eigenvalue weighted by Crippen LogP contribution is 2.31. The van der Waals surface area contributed by atoms with Gasteiger partial charge in [-0.1, -0.05) is 12.1 Å². The lowest BCUT2D eigenvalue weighted by molar-refractivity contribution is -0.119. The first kappa shape index (κ1) is 26.1. The molecule has 4 rings (SSSR count). The second-order valence-corrected chi connectivity index (χ2v) is 10.6. The van der Waals surface area contributed by atoms with Crippen LogP contribution in [0.15, 0.2) is 36.5 Å². The zero-order valence-electron chi connectivity index (χ0n) is 22.2. The Hall–Kier alpha value is -3.95. The topological polar surface area (TPSA) is 124 Å². The number of aromatic nitrogens is 3. The van der Waals surface area contributed by atoms with Gasteiger partial charge in [0, 0.05) is 42.7 Å². The maximum Gasteiger partial charge on any atom is 0.412 e. The van der Waals surface area contributed by atoms with Crippen LogP contribution in [-0.4, -0.2) is 56.7 Å². The van der Waals surface area contributed by atoms with Crippen molar-refractivity contribution in [2.75, 3.05) is 28.2 Å². The number of pyridine rings is 1. The molecule has 0 saturated carbocycles. The van der Waals surface area contributed by atoms with Gasteiger partial charge in [-0.2, -0.15) is 0 Å². The van der Waals surface area contributed by atoms with Crippen LogP contribution in [-0.2, 0) is 4.79 Å². The van der Waals surface area contributed by atoms with Crippen molar-refractivity contribution < 1.29 is 14.7 Å². The molecule has 1 saturated heterocycles. The van der Waals surface area contributed by atoms with Crippen LogP contribution in [0.2, 0.25) is 0 Å². The number of aryl methyl sites for hydroxylation is 1. The second-order valence-electron chi connectivity index (χ2n) is 10.6. The number of carbonyl (C=O) groups is 2. The van der Waals surface area contributed by atoms with E-state index in [1.54, 1.807) is 6.20 Å². The van der Waals surface area contributed by atoms with Gasteiger partial charge in [0.05, 0.1) is 17.8 Å². The quantitative estimate of drug-likeness (QED) is 0.447. The van der Waals surface area contributed by atoms with E-state index in [4.69, 9.17) is 0 Å². The number of fused-ring (bicyclic) bond motifs is 1. The number of carbonyl (C=O) groups excluding carboxylic acids is 1. The van der Waals surface area contributed by atoms with Crippen molar-refractivity contribution in [2.45, 2.75) is 65.6 Å². The Morgan fingerprint density at radius 1 is 1.22 bits per heavy atom. The Bertz CT molecular complexity index is 1320. The number of nitrogens with one attached hydrogen (secondary N) is 2. The van der Waals surface area contributed by atoms with Crippen LogP contribution in [0.4, 0.5) is 22.1 Å². The highest BCUT2D eigenvalue weighted by molar-refractivity contribution is 5.91. The lowest BCUT2D eigenvalue weighted by Crippen LogP contribution is -2.45. The van der Waals surface area contributed by atoms with Crippen molar-refractivity contribution >= 4 is 40.2 Å². The van der Waals surface area contributed by atoms with E-state index < -0.39 is 11.6 Å². The van der Waals surface area contributed by atoms with Gasteiger partial charge in [-0.05, 0) is 64.8 Å². The highest BCUT2D eigenvalue weighted by Gasteiger charge is 2.28. The van der Waals surface area contributed by atoms with E-state index in [0.29, 0.717) is 23.9 Å². The van der Waals surface area contributed by atoms with Gasteiger partial charge in [0.2, 0.25) is 5.91 Å². The Labute approximate surface area is 217 Å². The smallest absolute Gasteiger partial charge is 0.412 e. The fraction of sp³-hybridized carbons (Fsp3) is 0.444. The summed E-state index contributed by atoms with van der Waals surface area (Å²) in [5.74, 6) is 2.10. The van der Waals surface area contributed by atoms with E-state index in [9.17, 15) is 14.7 Å². The van der Waals surface area contributed by atoms with E-state index in [1.807, 2.05) is 65.0 Å². The van der Waals surface area contributed by atoms with Gasteiger partial charge in [-0.15, -0.1) is 0 Å². The third-order valence-electron chi connectivity index (χ3n) is 6.44. The van der Waals surface area contributed by atoms with Crippen molar-refractivity contribution in [1.82, 2.24) is 20.3 Å². The zero-order valence-corrected chi connectivity index (χ0v) is 22.2. The monoisotopic (exact) mass is 505 g/mol. The lowest BCUT2D eigenvalue weighted by Gasteiger charge is -2.33. The fourth-order valence-corrected chi connectivity index (χ4v) is 4.80. The number of carboxylic acid groups (broad SMARTS) is 1. The molecule has 196 valence electrons. The minimum absolute atomic E-state index is 0.0271. The Balaban J connectivity index is 1.62. The molecular weight excluding hydrogens is 470 g/mol. The molecule has 37 heavy (non-hydrogen) atoms. The van der Waals surface area contributed by atoms with Crippen LogP contribution in [0.3, 0.4) is 0 Å². The highest BCUT2D eigenvalue weighted by atomic mass is 16.4. The molecule has 1 aromatic carbocycles. The molecule has 0 bridgehead atoms. The van der Waals surface area contributed by atoms with Crippen LogP contribution in [0, 0.1) is 6.92 Å². The van der Waals surface area contributed by atoms with Crippen LogP contribution in [0.5, 0.6) is 0 Å². The first-order chi connectivity index (χ1) is 17.4. The van der Waals surface area contributed by atoms with Gasteiger partial charge in [-0.25, -0.2) is 19.7 Å². The summed E-state index contributed by atoms with van der Waals surface area (Å²) in [6.07, 6.45) is 1.63. The molecule has 2 amide bonds. The Morgan fingerprint density at radius 3 is 2.65 bits per heavy atom. The Morgan fingerprint density at radius 2 is 1.97 bits per heavy atom. The van der Waals surface area contributed by atoms with Crippen LogP contribution >= 0.6 is 0 Å². The molecule has 0 unspecified atom stereocenters. The fourth-order valence-electron chi connectivity index (χ4n) is 4.80. The number of rotatable bonds is 6. The van der Waals surface area contributed by atoms with Crippen molar-refractivity contribution in [1.29, 1.82) is 0 Å². The van der Waals surface area contributed by atoms with E-state index in [1.165, 1.54) is 11.8 Å². The standard InChI is InChI=1S/C27H35N7O3/c1-16(19-8-7-9-21(12-19)34(26(36)37)27(4,5)6)29-25-22-13-24(28-14-23(22)30-17(2)31-25)33-11-10-20(15-33)32-18(3)35/h7-9,12-14,16,20H,10-11,15H2,1-6H3,(H,32,35)(H,36,37)(H,29,30,31)/t16-,20-/m1/s1. The van der Waals surface area contributed by atoms with Gasteiger partial charge >= 0.3 is 6.09 Å². The molecule has 2 aromatic heterocycles. The third-order valence-corrected chi connectivity index (χ3v) is 6.44. The third kappa shape index (κ3) is 5.90. The summed E-state index contributed by atoms with van der Waals surface area (Å²) in [6, 6.07) is 9.48. The predicted octanol–water partition coefficient (Wildman–Crippen LogP) is 4.50. The zero-order chi connectivity index (χ0) is 26.9. The number of amides is 2. The van der Waals surface area contributed by atoms with Crippen molar-refractivity contribution in [2.24, 2.45) is 0 Å². The number of anilines is 3. The van der Waals surface area contributed by atoms with E-state index in [0.717, 1.165) is 35.2 Å². The lowest BCUT2D eigenvalue weighted by atomic mass is 10.0. The average Bonchev–Trinajstić information content (AvgIpc) is 3.25. The van der Waals surface area contributed by atoms with Crippen molar-refractivity contribution in [3.63, 3.8) is 0 Å². The molecule has 3 aromatic rings. The average molecular weight is 506 g/mol. The van der Waals surface area contributed by atoms with Crippen LogP contribution < -0.4 is 20.4 Å². The summed E-state index contributed by atoms with van der Waals surface area (Å²) in [7, 11) is 0. The van der Waals surface area contributed by atoms with Gasteiger partial charge in [0.15, 0.2) is 0 Å². The molecule has 3 N–H and O–H groups in total. The van der Waals surface area contributed by atoms with Gasteiger partial charge < -0.3 is 20.6 Å². The molecule has 10 heteroatoms. The SMILES string of the molecule is CC(=O)N[C@@H]1CCN(c2cc3c(N[C@H](C)c4cccc(N(C(=O)O)C(C)(C)C)c4)nc(C)nc3cn2)C1. The number of hydrogen-bond donors (Lipinski definition) is 3. The first-order valence-corrected chi connectivity index (χ1v) is 12.5. The normalized spacial score (nSPS) is 16.5. The maximum atomic E-state index is 12.0. The molecule has 0 spiro atoms. The van der Waals surface area contributed by atoms with E-state index >= 15 is 0 Å². The molecule has 0 aliphatic carbocycles. The largest absolute Gasteiger partial charge is 0.465 e. The molecule has 1 aliphatic rings. The minimum Gasteiger partial charge on any atom is -0.465 e. The summed E-state index contributed by atoms with van der Waals surface area (Å²) in [5, 5.41) is 17.2. The molecule has 3 heterocycles. The van der Waals surface area contributed by atoms with Crippen LogP contribution in [0.25, 0.3) is 10.9 Å². The van der Waals surface area contributed by atoms with Crippen molar-refractivity contribution in [3.05, 3.63) is 47.9 Å². The molecule has 10 nitrogen and oxygen atoms in total. The summed E-state index contributed by atoms with van der Waals surface area (Å²) in [4.78, 5) is 40.8. The molecule has 2 atom stereocenters.